The Kier molecular flexibility index (Phi) is 4.33. The van der Waals surface area contributed by atoms with E-state index in [1.54, 1.807) is 18.2 Å². The molecule has 1 N–H and O–H groups in total. The molecule has 0 fully saturated rings. The Morgan fingerprint density at radius 2 is 1.95 bits per heavy atom. The second kappa shape index (κ2) is 6.00. The van der Waals surface area contributed by atoms with E-state index in [0.717, 1.165) is 11.3 Å². The summed E-state index contributed by atoms with van der Waals surface area (Å²) in [6, 6.07) is 7.71. The highest BCUT2D eigenvalue weighted by Gasteiger charge is 2.11. The van der Waals surface area contributed by atoms with Gasteiger partial charge in [0, 0.05) is 11.2 Å². The summed E-state index contributed by atoms with van der Waals surface area (Å²) in [6.07, 6.45) is 5.27. The maximum atomic E-state index is 11.8. The number of hydrogen-bond donors (Lipinski definition) is 1. The van der Waals surface area contributed by atoms with Crippen molar-refractivity contribution in [1.82, 2.24) is 5.06 Å². The van der Waals surface area contributed by atoms with Gasteiger partial charge in [-0.2, -0.15) is 8.42 Å². The zero-order valence-corrected chi connectivity index (χ0v) is 11.7. The topological polar surface area (TPSA) is 82.3 Å². The summed E-state index contributed by atoms with van der Waals surface area (Å²) in [4.78, 5) is 0.0418. The van der Waals surface area contributed by atoms with Gasteiger partial charge in [0.25, 0.3) is 10.0 Å². The lowest BCUT2D eigenvalue weighted by Crippen LogP contribution is -2.11. The van der Waals surface area contributed by atoms with Gasteiger partial charge in [-0.15, -0.1) is 5.11 Å². The van der Waals surface area contributed by atoms with Crippen LogP contribution in [0.15, 0.2) is 80.1 Å². The van der Waals surface area contributed by atoms with Crippen molar-refractivity contribution >= 4 is 21.6 Å². The van der Waals surface area contributed by atoms with Crippen molar-refractivity contribution in [3.8, 4) is 0 Å². The molecule has 1 aromatic rings. The number of hydrogen-bond acceptors (Lipinski definition) is 5. The second-order valence-electron chi connectivity index (χ2n) is 3.73. The zero-order chi connectivity index (χ0) is 14.6. The van der Waals surface area contributed by atoms with Crippen LogP contribution in [0.2, 0.25) is 0 Å². The molecular formula is C12H10ClN3O3S. The van der Waals surface area contributed by atoms with E-state index in [-0.39, 0.29) is 10.6 Å². The van der Waals surface area contributed by atoms with Gasteiger partial charge in [-0.3, -0.25) is 5.21 Å². The molecule has 0 atom stereocenters. The minimum Gasteiger partial charge on any atom is -0.284 e. The van der Waals surface area contributed by atoms with Gasteiger partial charge in [-0.05, 0) is 24.3 Å². The molecule has 1 heterocycles. The minimum absolute atomic E-state index is 0.0418. The Labute approximate surface area is 121 Å². The number of allylic oxidation sites excluding steroid dienone is 3. The number of hydroxylamine groups is 2. The molecule has 0 bridgehead atoms. The molecule has 0 aromatic heterocycles. The Balaban J connectivity index is 2.20. The third-order valence-electron chi connectivity index (χ3n) is 2.31. The van der Waals surface area contributed by atoms with Crippen LogP contribution in [0.1, 0.15) is 0 Å². The van der Waals surface area contributed by atoms with Crippen LogP contribution in [-0.2, 0) is 10.0 Å². The van der Waals surface area contributed by atoms with Crippen molar-refractivity contribution in [3.05, 3.63) is 65.6 Å². The smallest absolute Gasteiger partial charge is 0.284 e. The van der Waals surface area contributed by atoms with Crippen LogP contribution in [0.4, 0.5) is 0 Å². The first kappa shape index (κ1) is 14.4. The SMILES string of the molecule is O=S(=O)(N=N/C=C1\C=C(Cl)C=CN1O)c1ccccc1. The average Bonchev–Trinajstić information content (AvgIpc) is 2.43. The van der Waals surface area contributed by atoms with Gasteiger partial charge in [0.15, 0.2) is 0 Å². The number of benzene rings is 1. The van der Waals surface area contributed by atoms with E-state index in [4.69, 9.17) is 11.6 Å². The van der Waals surface area contributed by atoms with Crippen molar-refractivity contribution in [2.75, 3.05) is 0 Å². The molecule has 0 unspecified atom stereocenters. The molecule has 20 heavy (non-hydrogen) atoms. The maximum absolute atomic E-state index is 11.8. The third-order valence-corrected chi connectivity index (χ3v) is 3.72. The van der Waals surface area contributed by atoms with Gasteiger partial charge >= 0.3 is 0 Å². The lowest BCUT2D eigenvalue weighted by atomic mass is 10.3. The molecule has 0 saturated heterocycles. The molecule has 1 aromatic carbocycles. The van der Waals surface area contributed by atoms with Gasteiger partial charge in [0.1, 0.15) is 0 Å². The quantitative estimate of drug-likeness (QED) is 0.870. The van der Waals surface area contributed by atoms with Crippen LogP contribution in [0.3, 0.4) is 0 Å². The molecular weight excluding hydrogens is 302 g/mol. The summed E-state index contributed by atoms with van der Waals surface area (Å²) in [5.74, 6) is 0. The van der Waals surface area contributed by atoms with Crippen molar-refractivity contribution in [3.63, 3.8) is 0 Å². The third kappa shape index (κ3) is 3.53. The summed E-state index contributed by atoms with van der Waals surface area (Å²) in [7, 11) is -3.85. The van der Waals surface area contributed by atoms with E-state index in [9.17, 15) is 13.6 Å². The zero-order valence-electron chi connectivity index (χ0n) is 10.1. The lowest BCUT2D eigenvalue weighted by Gasteiger charge is -2.15. The fourth-order valence-electron chi connectivity index (χ4n) is 1.36. The molecule has 8 heteroatoms. The highest BCUT2D eigenvalue weighted by atomic mass is 35.5. The standard InChI is InChI=1S/C12H10ClN3O3S/c13-10-6-7-16(17)11(8-10)9-14-15-20(18,19)12-4-2-1-3-5-12/h1-9,17H/b11-9+,15-14?. The number of halogens is 1. The van der Waals surface area contributed by atoms with E-state index < -0.39 is 10.0 Å². The molecule has 0 saturated carbocycles. The van der Waals surface area contributed by atoms with E-state index in [1.807, 2.05) is 0 Å². The fraction of sp³-hybridized carbons (Fsp3) is 0. The molecule has 0 radical (unpaired) electrons. The van der Waals surface area contributed by atoms with Crippen LogP contribution < -0.4 is 0 Å². The van der Waals surface area contributed by atoms with Crippen molar-refractivity contribution in [1.29, 1.82) is 0 Å². The van der Waals surface area contributed by atoms with Gasteiger partial charge in [0.2, 0.25) is 0 Å². The van der Waals surface area contributed by atoms with Gasteiger partial charge < -0.3 is 0 Å². The average molecular weight is 312 g/mol. The summed E-state index contributed by atoms with van der Waals surface area (Å²) in [6.45, 7) is 0. The number of rotatable bonds is 3. The van der Waals surface area contributed by atoms with Crippen LogP contribution >= 0.6 is 11.6 Å². The minimum atomic E-state index is -3.85. The molecule has 1 aliphatic heterocycles. The predicted octanol–water partition coefficient (Wildman–Crippen LogP) is 3.01. The van der Waals surface area contributed by atoms with Gasteiger partial charge in [-0.1, -0.05) is 34.3 Å². The summed E-state index contributed by atoms with van der Waals surface area (Å²) in [5.41, 5.74) is 0.199. The number of sulfonamides is 1. The summed E-state index contributed by atoms with van der Waals surface area (Å²) >= 11 is 5.75. The van der Waals surface area contributed by atoms with Crippen LogP contribution in [0, 0.1) is 0 Å². The van der Waals surface area contributed by atoms with E-state index >= 15 is 0 Å². The predicted molar refractivity (Wildman–Crippen MR) is 73.3 cm³/mol. The van der Waals surface area contributed by atoms with Crippen LogP contribution in [0.25, 0.3) is 0 Å². The van der Waals surface area contributed by atoms with Crippen molar-refractivity contribution in [2.24, 2.45) is 9.63 Å². The van der Waals surface area contributed by atoms with Crippen LogP contribution in [-0.4, -0.2) is 18.7 Å². The summed E-state index contributed by atoms with van der Waals surface area (Å²) < 4.78 is 26.9. The van der Waals surface area contributed by atoms with Crippen LogP contribution in [0.5, 0.6) is 0 Å². The Morgan fingerprint density at radius 3 is 2.65 bits per heavy atom. The monoisotopic (exact) mass is 311 g/mol. The van der Waals surface area contributed by atoms with E-state index in [2.05, 4.69) is 9.63 Å². The Hall–Kier alpha value is -1.96. The fourth-order valence-corrected chi connectivity index (χ4v) is 2.30. The molecule has 0 aliphatic carbocycles. The highest BCUT2D eigenvalue weighted by molar-refractivity contribution is 7.90. The molecule has 2 rings (SSSR count). The van der Waals surface area contributed by atoms with Crippen molar-refractivity contribution in [2.45, 2.75) is 4.90 Å². The molecule has 6 nitrogen and oxygen atoms in total. The Morgan fingerprint density at radius 1 is 1.25 bits per heavy atom. The first-order chi connectivity index (χ1) is 9.49. The largest absolute Gasteiger partial charge is 0.299 e. The first-order valence-corrected chi connectivity index (χ1v) is 7.27. The normalized spacial score (nSPS) is 17.8. The van der Waals surface area contributed by atoms with Crippen molar-refractivity contribution < 1.29 is 13.6 Å². The Bertz CT molecular complexity index is 709. The maximum Gasteiger partial charge on any atom is 0.299 e. The molecule has 0 amide bonds. The highest BCUT2D eigenvalue weighted by Crippen LogP contribution is 2.18. The number of nitrogens with zero attached hydrogens (tertiary/aromatic N) is 3. The van der Waals surface area contributed by atoms with E-state index in [0.29, 0.717) is 5.03 Å². The lowest BCUT2D eigenvalue weighted by molar-refractivity contribution is -0.000627. The molecule has 1 aliphatic rings. The summed E-state index contributed by atoms with van der Waals surface area (Å²) in [5, 5.41) is 14.0. The van der Waals surface area contributed by atoms with E-state index in [1.165, 1.54) is 30.5 Å². The van der Waals surface area contributed by atoms with Gasteiger partial charge in [-0.25, -0.2) is 5.06 Å². The second-order valence-corrected chi connectivity index (χ2v) is 5.75. The molecule has 104 valence electrons. The first-order valence-electron chi connectivity index (χ1n) is 5.45. The van der Waals surface area contributed by atoms with Gasteiger partial charge in [0.05, 0.1) is 16.8 Å². The molecule has 0 spiro atoms.